The van der Waals surface area contributed by atoms with Crippen molar-refractivity contribution in [2.75, 3.05) is 11.9 Å². The van der Waals surface area contributed by atoms with Crippen LogP contribution in [0.25, 0.3) is 11.0 Å². The highest BCUT2D eigenvalue weighted by atomic mass is 19.2. The maximum atomic E-state index is 13.1. The third-order valence-electron chi connectivity index (χ3n) is 4.24. The number of carbonyl (C=O) groups excluding carboxylic acids is 2. The summed E-state index contributed by atoms with van der Waals surface area (Å²) in [5, 5.41) is 3.15. The smallest absolute Gasteiger partial charge is 0.310 e. The molecule has 27 heavy (non-hydrogen) atoms. The number of aryl methyl sites for hydroxylation is 2. The quantitative estimate of drug-likeness (QED) is 0.685. The number of nitrogens with one attached hydrogen (secondary N) is 1. The molecule has 0 unspecified atom stereocenters. The summed E-state index contributed by atoms with van der Waals surface area (Å²) in [6.07, 6.45) is 1.45. The number of benzene rings is 2. The highest BCUT2D eigenvalue weighted by Gasteiger charge is 2.15. The van der Waals surface area contributed by atoms with Crippen molar-refractivity contribution in [1.82, 2.24) is 0 Å². The largest absolute Gasteiger partial charge is 0.464 e. The van der Waals surface area contributed by atoms with E-state index in [-0.39, 0.29) is 12.1 Å². The first kappa shape index (κ1) is 18.6. The number of anilines is 1. The third kappa shape index (κ3) is 4.13. The standard InChI is InChI=1S/C20H17F2NO4/c1-11-3-5-15-13(9-27-20(15)12(11)2)7-19(25)26-10-18(24)23-14-4-6-16(21)17(22)8-14/h3-6,8-9H,7,10H2,1-2H3,(H,23,24). The number of hydrogen-bond donors (Lipinski definition) is 1. The zero-order chi connectivity index (χ0) is 19.6. The van der Waals surface area contributed by atoms with Gasteiger partial charge < -0.3 is 14.5 Å². The summed E-state index contributed by atoms with van der Waals surface area (Å²) < 4.78 is 36.5. The van der Waals surface area contributed by atoms with Crippen LogP contribution in [0.5, 0.6) is 0 Å². The third-order valence-corrected chi connectivity index (χ3v) is 4.24. The van der Waals surface area contributed by atoms with Crippen LogP contribution in [0.3, 0.4) is 0 Å². The molecule has 0 radical (unpaired) electrons. The Balaban J connectivity index is 1.57. The van der Waals surface area contributed by atoms with Gasteiger partial charge in [-0.25, -0.2) is 8.78 Å². The summed E-state index contributed by atoms with van der Waals surface area (Å²) >= 11 is 0. The zero-order valence-corrected chi connectivity index (χ0v) is 14.8. The number of halogens is 2. The lowest BCUT2D eigenvalue weighted by molar-refractivity contribution is -0.146. The molecule has 0 fully saturated rings. The van der Waals surface area contributed by atoms with Gasteiger partial charge in [0.25, 0.3) is 5.91 Å². The number of rotatable bonds is 5. The Morgan fingerprint density at radius 1 is 1.11 bits per heavy atom. The molecule has 0 spiro atoms. The molecule has 0 bridgehead atoms. The van der Waals surface area contributed by atoms with Crippen LogP contribution >= 0.6 is 0 Å². The minimum absolute atomic E-state index is 0.0477. The molecule has 7 heteroatoms. The van der Waals surface area contributed by atoms with Crippen molar-refractivity contribution in [1.29, 1.82) is 0 Å². The fourth-order valence-electron chi connectivity index (χ4n) is 2.65. The maximum Gasteiger partial charge on any atom is 0.310 e. The van der Waals surface area contributed by atoms with E-state index in [9.17, 15) is 18.4 Å². The molecule has 5 nitrogen and oxygen atoms in total. The number of hydrogen-bond acceptors (Lipinski definition) is 4. The van der Waals surface area contributed by atoms with Gasteiger partial charge in [-0.15, -0.1) is 0 Å². The SMILES string of the molecule is Cc1ccc2c(CC(=O)OCC(=O)Nc3ccc(F)c(F)c3)coc2c1C. The van der Waals surface area contributed by atoms with Gasteiger partial charge in [-0.2, -0.15) is 0 Å². The molecule has 3 aromatic rings. The van der Waals surface area contributed by atoms with Crippen LogP contribution in [0.4, 0.5) is 14.5 Å². The van der Waals surface area contributed by atoms with E-state index in [4.69, 9.17) is 9.15 Å². The summed E-state index contributed by atoms with van der Waals surface area (Å²) in [4.78, 5) is 23.8. The van der Waals surface area contributed by atoms with Crippen molar-refractivity contribution in [2.24, 2.45) is 0 Å². The number of furan rings is 1. The molecule has 0 saturated carbocycles. The van der Waals surface area contributed by atoms with Crippen molar-refractivity contribution < 1.29 is 27.5 Å². The van der Waals surface area contributed by atoms with Gasteiger partial charge in [0.1, 0.15) is 5.58 Å². The van der Waals surface area contributed by atoms with E-state index in [2.05, 4.69) is 5.32 Å². The van der Waals surface area contributed by atoms with Gasteiger partial charge in [0.2, 0.25) is 0 Å². The summed E-state index contributed by atoms with van der Waals surface area (Å²) in [6.45, 7) is 3.37. The number of amides is 1. The molecule has 0 aliphatic rings. The summed E-state index contributed by atoms with van der Waals surface area (Å²) in [6, 6.07) is 6.76. The molecule has 1 N–H and O–H groups in total. The van der Waals surface area contributed by atoms with Crippen LogP contribution < -0.4 is 5.32 Å². The average Bonchev–Trinajstić information content (AvgIpc) is 3.03. The first-order chi connectivity index (χ1) is 12.8. The van der Waals surface area contributed by atoms with Gasteiger partial charge in [0, 0.05) is 22.7 Å². The normalized spacial score (nSPS) is 10.8. The molecule has 1 amide bonds. The lowest BCUT2D eigenvalue weighted by Gasteiger charge is -2.07. The summed E-state index contributed by atoms with van der Waals surface area (Å²) in [5.74, 6) is -3.35. The van der Waals surface area contributed by atoms with E-state index in [0.717, 1.165) is 28.6 Å². The van der Waals surface area contributed by atoms with E-state index in [0.29, 0.717) is 11.1 Å². The number of esters is 1. The predicted molar refractivity (Wildman–Crippen MR) is 95.3 cm³/mol. The second-order valence-electron chi connectivity index (χ2n) is 6.16. The van der Waals surface area contributed by atoms with Gasteiger partial charge in [-0.1, -0.05) is 12.1 Å². The van der Waals surface area contributed by atoms with Crippen molar-refractivity contribution >= 4 is 28.5 Å². The number of ether oxygens (including phenoxy) is 1. The van der Waals surface area contributed by atoms with Gasteiger partial charge in [0.05, 0.1) is 12.7 Å². The minimum atomic E-state index is -1.08. The van der Waals surface area contributed by atoms with Crippen molar-refractivity contribution in [3.8, 4) is 0 Å². The monoisotopic (exact) mass is 373 g/mol. The second-order valence-corrected chi connectivity index (χ2v) is 6.16. The molecular formula is C20H17F2NO4. The van der Waals surface area contributed by atoms with Gasteiger partial charge in [-0.3, -0.25) is 9.59 Å². The van der Waals surface area contributed by atoms with Crippen molar-refractivity contribution in [3.63, 3.8) is 0 Å². The Morgan fingerprint density at radius 2 is 1.89 bits per heavy atom. The second kappa shape index (κ2) is 7.57. The van der Waals surface area contributed by atoms with Crippen LogP contribution in [-0.4, -0.2) is 18.5 Å². The lowest BCUT2D eigenvalue weighted by atomic mass is 10.0. The Kier molecular flexibility index (Phi) is 5.21. The van der Waals surface area contributed by atoms with Crippen LogP contribution in [0.1, 0.15) is 16.7 Å². The molecule has 3 rings (SSSR count). The topological polar surface area (TPSA) is 68.5 Å². The van der Waals surface area contributed by atoms with Crippen LogP contribution in [0.2, 0.25) is 0 Å². The maximum absolute atomic E-state index is 13.1. The van der Waals surface area contributed by atoms with E-state index >= 15 is 0 Å². The lowest BCUT2D eigenvalue weighted by Crippen LogP contribution is -2.21. The number of fused-ring (bicyclic) bond motifs is 1. The number of carbonyl (C=O) groups is 2. The molecular weight excluding hydrogens is 356 g/mol. The first-order valence-corrected chi connectivity index (χ1v) is 8.22. The van der Waals surface area contributed by atoms with Gasteiger partial charge in [0.15, 0.2) is 18.2 Å². The summed E-state index contributed by atoms with van der Waals surface area (Å²) in [5.41, 5.74) is 3.53. The Hall–Kier alpha value is -3.22. The highest BCUT2D eigenvalue weighted by Crippen LogP contribution is 2.26. The van der Waals surface area contributed by atoms with Gasteiger partial charge >= 0.3 is 5.97 Å². The predicted octanol–water partition coefficient (Wildman–Crippen LogP) is 4.05. The van der Waals surface area contributed by atoms with Crippen LogP contribution in [-0.2, 0) is 20.7 Å². The Morgan fingerprint density at radius 3 is 2.63 bits per heavy atom. The molecule has 2 aromatic carbocycles. The zero-order valence-electron chi connectivity index (χ0n) is 14.8. The molecule has 0 saturated heterocycles. The Labute approximate surface area is 153 Å². The minimum Gasteiger partial charge on any atom is -0.464 e. The molecule has 1 heterocycles. The van der Waals surface area contributed by atoms with Crippen LogP contribution in [0, 0.1) is 25.5 Å². The van der Waals surface area contributed by atoms with E-state index < -0.39 is 30.1 Å². The molecule has 140 valence electrons. The first-order valence-electron chi connectivity index (χ1n) is 8.22. The fraction of sp³-hybridized carbons (Fsp3) is 0.200. The Bertz CT molecular complexity index is 1030. The van der Waals surface area contributed by atoms with Crippen LogP contribution in [0.15, 0.2) is 41.0 Å². The van der Waals surface area contributed by atoms with E-state index in [1.54, 1.807) is 0 Å². The van der Waals surface area contributed by atoms with Crippen molar-refractivity contribution in [2.45, 2.75) is 20.3 Å². The highest BCUT2D eigenvalue weighted by molar-refractivity contribution is 5.93. The van der Waals surface area contributed by atoms with E-state index in [1.165, 1.54) is 12.3 Å². The van der Waals surface area contributed by atoms with Gasteiger partial charge in [-0.05, 0) is 37.1 Å². The molecule has 0 atom stereocenters. The molecule has 1 aromatic heterocycles. The van der Waals surface area contributed by atoms with Crippen molar-refractivity contribution in [3.05, 3.63) is 64.9 Å². The van der Waals surface area contributed by atoms with E-state index in [1.807, 2.05) is 26.0 Å². The molecule has 0 aliphatic heterocycles. The molecule has 0 aliphatic carbocycles. The fourth-order valence-corrected chi connectivity index (χ4v) is 2.65. The average molecular weight is 373 g/mol. The summed E-state index contributed by atoms with van der Waals surface area (Å²) in [7, 11) is 0.